The Morgan fingerprint density at radius 2 is 1.94 bits per heavy atom. The number of rotatable bonds is 2. The molecule has 0 fully saturated rings. The minimum Gasteiger partial charge on any atom is -0.320 e. The fourth-order valence-electron chi connectivity index (χ4n) is 1.78. The molecule has 2 rings (SSSR count). The second-order valence-corrected chi connectivity index (χ2v) is 4.49. The zero-order valence-electron chi connectivity index (χ0n) is 9.45. The molecule has 2 N–H and O–H groups in total. The molecule has 17 heavy (non-hydrogen) atoms. The van der Waals surface area contributed by atoms with Crippen molar-refractivity contribution in [3.8, 4) is 0 Å². The highest BCUT2D eigenvalue weighted by molar-refractivity contribution is 6.30. The molecular formula is C14H13ClFN. The Hall–Kier alpha value is -1.38. The van der Waals surface area contributed by atoms with Crippen molar-refractivity contribution in [3.05, 3.63) is 70.0 Å². The van der Waals surface area contributed by atoms with Crippen LogP contribution in [0.25, 0.3) is 0 Å². The summed E-state index contributed by atoms with van der Waals surface area (Å²) >= 11 is 5.90. The van der Waals surface area contributed by atoms with Gasteiger partial charge in [-0.15, -0.1) is 0 Å². The number of hydrogen-bond donors (Lipinski definition) is 1. The lowest BCUT2D eigenvalue weighted by Gasteiger charge is -2.14. The van der Waals surface area contributed by atoms with Gasteiger partial charge in [-0.1, -0.05) is 41.4 Å². The van der Waals surface area contributed by atoms with Crippen molar-refractivity contribution in [3.63, 3.8) is 0 Å². The molecule has 0 heterocycles. The van der Waals surface area contributed by atoms with Gasteiger partial charge in [0.25, 0.3) is 0 Å². The molecule has 0 aliphatic rings. The molecule has 0 amide bonds. The highest BCUT2D eigenvalue weighted by atomic mass is 35.5. The molecule has 88 valence electrons. The first-order chi connectivity index (χ1) is 8.08. The number of benzene rings is 2. The minimum absolute atomic E-state index is 0.289. The Balaban J connectivity index is 2.43. The quantitative estimate of drug-likeness (QED) is 0.860. The van der Waals surface area contributed by atoms with Crippen molar-refractivity contribution in [2.45, 2.75) is 13.0 Å². The predicted octanol–water partition coefficient (Wildman–Crippen LogP) is 3.84. The summed E-state index contributed by atoms with van der Waals surface area (Å²) in [6.07, 6.45) is 0. The minimum atomic E-state index is -0.492. The maximum Gasteiger partial charge on any atom is 0.128 e. The second-order valence-electron chi connectivity index (χ2n) is 4.06. The van der Waals surface area contributed by atoms with Crippen LogP contribution in [0, 0.1) is 12.7 Å². The van der Waals surface area contributed by atoms with Gasteiger partial charge < -0.3 is 5.73 Å². The van der Waals surface area contributed by atoms with Gasteiger partial charge >= 0.3 is 0 Å². The van der Waals surface area contributed by atoms with Crippen LogP contribution in [0.4, 0.5) is 4.39 Å². The topological polar surface area (TPSA) is 26.0 Å². The Morgan fingerprint density at radius 1 is 1.18 bits per heavy atom. The predicted molar refractivity (Wildman–Crippen MR) is 68.6 cm³/mol. The van der Waals surface area contributed by atoms with E-state index in [9.17, 15) is 4.39 Å². The summed E-state index contributed by atoms with van der Waals surface area (Å²) in [6, 6.07) is 11.6. The SMILES string of the molecule is Cc1ccc(F)c(C(N)c2cccc(Cl)c2)c1. The fourth-order valence-corrected chi connectivity index (χ4v) is 1.98. The Labute approximate surface area is 105 Å². The van der Waals surface area contributed by atoms with Crippen molar-refractivity contribution in [2.75, 3.05) is 0 Å². The van der Waals surface area contributed by atoms with Crippen LogP contribution in [0.3, 0.4) is 0 Å². The lowest BCUT2D eigenvalue weighted by molar-refractivity contribution is 0.599. The number of aryl methyl sites for hydroxylation is 1. The summed E-state index contributed by atoms with van der Waals surface area (Å²) in [4.78, 5) is 0. The van der Waals surface area contributed by atoms with Crippen LogP contribution in [0.15, 0.2) is 42.5 Å². The fraction of sp³-hybridized carbons (Fsp3) is 0.143. The lowest BCUT2D eigenvalue weighted by atomic mass is 9.98. The molecule has 0 spiro atoms. The first-order valence-electron chi connectivity index (χ1n) is 5.35. The van der Waals surface area contributed by atoms with E-state index >= 15 is 0 Å². The maximum absolute atomic E-state index is 13.7. The molecule has 3 heteroatoms. The third-order valence-electron chi connectivity index (χ3n) is 2.69. The number of halogens is 2. The molecule has 1 nitrogen and oxygen atoms in total. The van der Waals surface area contributed by atoms with Gasteiger partial charge in [-0.2, -0.15) is 0 Å². The first-order valence-corrected chi connectivity index (χ1v) is 5.73. The molecule has 0 aliphatic carbocycles. The van der Waals surface area contributed by atoms with E-state index in [0.29, 0.717) is 10.6 Å². The summed E-state index contributed by atoms with van der Waals surface area (Å²) in [6.45, 7) is 1.91. The normalized spacial score (nSPS) is 12.5. The van der Waals surface area contributed by atoms with Crippen LogP contribution in [0.5, 0.6) is 0 Å². The van der Waals surface area contributed by atoms with Gasteiger partial charge in [-0.25, -0.2) is 4.39 Å². The molecule has 0 aromatic heterocycles. The lowest BCUT2D eigenvalue weighted by Crippen LogP contribution is -2.13. The molecule has 0 saturated heterocycles. The molecule has 0 bridgehead atoms. The molecule has 2 aromatic rings. The van der Waals surface area contributed by atoms with E-state index in [2.05, 4.69) is 0 Å². The van der Waals surface area contributed by atoms with Gasteiger partial charge in [0.2, 0.25) is 0 Å². The smallest absolute Gasteiger partial charge is 0.128 e. The van der Waals surface area contributed by atoms with E-state index < -0.39 is 6.04 Å². The molecular weight excluding hydrogens is 237 g/mol. The standard InChI is InChI=1S/C14H13ClFN/c1-9-5-6-13(16)12(7-9)14(17)10-3-2-4-11(15)8-10/h2-8,14H,17H2,1H3. The highest BCUT2D eigenvalue weighted by Crippen LogP contribution is 2.24. The van der Waals surface area contributed by atoms with Gasteiger partial charge in [0.15, 0.2) is 0 Å². The van der Waals surface area contributed by atoms with Crippen molar-refractivity contribution >= 4 is 11.6 Å². The summed E-state index contributed by atoms with van der Waals surface area (Å²) in [5.41, 5.74) is 8.34. The third-order valence-corrected chi connectivity index (χ3v) is 2.93. The van der Waals surface area contributed by atoms with Crippen LogP contribution in [0.2, 0.25) is 5.02 Å². The maximum atomic E-state index is 13.7. The zero-order valence-corrected chi connectivity index (χ0v) is 10.2. The monoisotopic (exact) mass is 249 g/mol. The summed E-state index contributed by atoms with van der Waals surface area (Å²) < 4.78 is 13.7. The largest absolute Gasteiger partial charge is 0.320 e. The van der Waals surface area contributed by atoms with E-state index in [1.54, 1.807) is 24.3 Å². The summed E-state index contributed by atoms with van der Waals surface area (Å²) in [5.74, 6) is -0.289. The van der Waals surface area contributed by atoms with Gasteiger partial charge in [0, 0.05) is 10.6 Å². The van der Waals surface area contributed by atoms with Crippen LogP contribution in [-0.4, -0.2) is 0 Å². The molecule has 1 unspecified atom stereocenters. The van der Waals surface area contributed by atoms with Gasteiger partial charge in [-0.05, 0) is 30.7 Å². The summed E-state index contributed by atoms with van der Waals surface area (Å²) in [5, 5.41) is 0.603. The van der Waals surface area contributed by atoms with Crippen LogP contribution >= 0.6 is 11.6 Å². The van der Waals surface area contributed by atoms with Crippen molar-refractivity contribution in [1.29, 1.82) is 0 Å². The second kappa shape index (κ2) is 4.86. The van der Waals surface area contributed by atoms with E-state index in [-0.39, 0.29) is 5.82 Å². The highest BCUT2D eigenvalue weighted by Gasteiger charge is 2.13. The van der Waals surface area contributed by atoms with Crippen LogP contribution < -0.4 is 5.73 Å². The van der Waals surface area contributed by atoms with Gasteiger partial charge in [0.1, 0.15) is 5.82 Å². The molecule has 0 radical (unpaired) electrons. The van der Waals surface area contributed by atoms with E-state index in [0.717, 1.165) is 11.1 Å². The molecule has 1 atom stereocenters. The van der Waals surface area contributed by atoms with Crippen LogP contribution in [-0.2, 0) is 0 Å². The number of hydrogen-bond acceptors (Lipinski definition) is 1. The average Bonchev–Trinajstić information content (AvgIpc) is 2.31. The summed E-state index contributed by atoms with van der Waals surface area (Å²) in [7, 11) is 0. The van der Waals surface area contributed by atoms with Crippen molar-refractivity contribution in [2.24, 2.45) is 5.73 Å². The number of nitrogens with two attached hydrogens (primary N) is 1. The molecule has 0 aliphatic heterocycles. The van der Waals surface area contributed by atoms with Gasteiger partial charge in [-0.3, -0.25) is 0 Å². The first kappa shape index (κ1) is 12.1. The van der Waals surface area contributed by atoms with Gasteiger partial charge in [0.05, 0.1) is 6.04 Å². The Kier molecular flexibility index (Phi) is 3.46. The third kappa shape index (κ3) is 2.65. The van der Waals surface area contributed by atoms with Crippen LogP contribution in [0.1, 0.15) is 22.7 Å². The van der Waals surface area contributed by atoms with E-state index in [1.807, 2.05) is 19.1 Å². The molecule has 2 aromatic carbocycles. The van der Waals surface area contributed by atoms with Crippen molar-refractivity contribution in [1.82, 2.24) is 0 Å². The molecule has 0 saturated carbocycles. The zero-order chi connectivity index (χ0) is 12.4. The van der Waals surface area contributed by atoms with E-state index in [1.165, 1.54) is 6.07 Å². The van der Waals surface area contributed by atoms with E-state index in [4.69, 9.17) is 17.3 Å². The van der Waals surface area contributed by atoms with Crippen molar-refractivity contribution < 1.29 is 4.39 Å². The average molecular weight is 250 g/mol. The Bertz CT molecular complexity index is 539. The Morgan fingerprint density at radius 3 is 2.65 bits per heavy atom.